The zero-order valence-corrected chi connectivity index (χ0v) is 8.44. The van der Waals surface area contributed by atoms with Crippen LogP contribution in [0.2, 0.25) is 0 Å². The van der Waals surface area contributed by atoms with Gasteiger partial charge < -0.3 is 10.1 Å². The predicted octanol–water partition coefficient (Wildman–Crippen LogP) is 1.33. The van der Waals surface area contributed by atoms with Crippen molar-refractivity contribution in [2.45, 2.75) is 39.7 Å². The Labute approximate surface area is 74.5 Å². The van der Waals surface area contributed by atoms with E-state index in [2.05, 4.69) is 5.32 Å². The maximum absolute atomic E-state index is 11.1. The van der Waals surface area contributed by atoms with Gasteiger partial charge in [0, 0.05) is 12.1 Å². The number of ether oxygens (including phenoxy) is 1. The van der Waals surface area contributed by atoms with E-state index in [1.54, 1.807) is 0 Å². The molecule has 0 aliphatic rings. The van der Waals surface area contributed by atoms with Gasteiger partial charge in [0.05, 0.1) is 0 Å². The van der Waals surface area contributed by atoms with Crippen LogP contribution >= 0.6 is 0 Å². The molecule has 0 radical (unpaired) electrons. The lowest BCUT2D eigenvalue weighted by molar-refractivity contribution is -0.127. The van der Waals surface area contributed by atoms with Crippen LogP contribution in [0.4, 0.5) is 0 Å². The number of hydrogen-bond donors (Lipinski definition) is 1. The number of carbonyl (C=O) groups excluding carboxylic acids is 1. The molecule has 0 spiro atoms. The minimum Gasteiger partial charge on any atom is -0.372 e. The van der Waals surface area contributed by atoms with Crippen molar-refractivity contribution in [3.05, 3.63) is 0 Å². The predicted molar refractivity (Wildman–Crippen MR) is 49.0 cm³/mol. The maximum atomic E-state index is 11.1. The molecule has 0 saturated carbocycles. The summed E-state index contributed by atoms with van der Waals surface area (Å²) in [5.41, 5.74) is -0.117. The molecule has 0 aliphatic heterocycles. The lowest BCUT2D eigenvalue weighted by Crippen LogP contribution is -2.44. The molecule has 0 aromatic rings. The molecular weight excluding hydrogens is 154 g/mol. The van der Waals surface area contributed by atoms with Gasteiger partial charge in [0.15, 0.2) is 0 Å². The lowest BCUT2D eigenvalue weighted by atomic mass is 10.0. The van der Waals surface area contributed by atoms with E-state index in [0.717, 1.165) is 6.42 Å². The Hall–Kier alpha value is -0.570. The number of hydrogen-bond acceptors (Lipinski definition) is 2. The van der Waals surface area contributed by atoms with Crippen molar-refractivity contribution in [1.82, 2.24) is 5.32 Å². The largest absolute Gasteiger partial charge is 0.372 e. The Bertz CT molecular complexity index is 143. The van der Waals surface area contributed by atoms with Gasteiger partial charge in [0.1, 0.15) is 6.61 Å². The zero-order chi connectivity index (χ0) is 9.61. The fraction of sp³-hybridized carbons (Fsp3) is 0.889. The molecule has 0 bridgehead atoms. The van der Waals surface area contributed by atoms with Gasteiger partial charge in [-0.3, -0.25) is 4.79 Å². The first kappa shape index (κ1) is 11.4. The first-order valence-corrected chi connectivity index (χ1v) is 4.40. The van der Waals surface area contributed by atoms with Crippen molar-refractivity contribution in [1.29, 1.82) is 0 Å². The van der Waals surface area contributed by atoms with Crippen LogP contribution < -0.4 is 5.32 Å². The molecule has 0 aromatic heterocycles. The fourth-order valence-corrected chi connectivity index (χ4v) is 0.697. The summed E-state index contributed by atoms with van der Waals surface area (Å²) in [6.45, 7) is 8.66. The third-order valence-electron chi connectivity index (χ3n) is 1.80. The number of rotatable bonds is 5. The number of nitrogens with one attached hydrogen (secondary N) is 1. The highest BCUT2D eigenvalue weighted by molar-refractivity contribution is 5.77. The Morgan fingerprint density at radius 1 is 1.42 bits per heavy atom. The van der Waals surface area contributed by atoms with Gasteiger partial charge in [-0.25, -0.2) is 0 Å². The molecule has 0 aromatic carbocycles. The molecule has 3 nitrogen and oxygen atoms in total. The standard InChI is InChI=1S/C9H19NO2/c1-5-9(3,4)10-8(11)7-12-6-2/h5-7H2,1-4H3,(H,10,11). The fourth-order valence-electron chi connectivity index (χ4n) is 0.697. The molecular formula is C9H19NO2. The van der Waals surface area contributed by atoms with E-state index in [1.165, 1.54) is 0 Å². The third kappa shape index (κ3) is 5.13. The van der Waals surface area contributed by atoms with Crippen LogP contribution in [0, 0.1) is 0 Å². The second kappa shape index (κ2) is 5.14. The average Bonchev–Trinajstić information content (AvgIpc) is 2.00. The molecule has 12 heavy (non-hydrogen) atoms. The van der Waals surface area contributed by atoms with Crippen molar-refractivity contribution in [3.63, 3.8) is 0 Å². The van der Waals surface area contributed by atoms with Gasteiger partial charge in [0.2, 0.25) is 5.91 Å². The monoisotopic (exact) mass is 173 g/mol. The Morgan fingerprint density at radius 2 is 2.00 bits per heavy atom. The van der Waals surface area contributed by atoms with E-state index in [0.29, 0.717) is 6.61 Å². The second-order valence-electron chi connectivity index (χ2n) is 3.42. The highest BCUT2D eigenvalue weighted by atomic mass is 16.5. The summed E-state index contributed by atoms with van der Waals surface area (Å²) in [6, 6.07) is 0. The molecule has 0 saturated heterocycles. The van der Waals surface area contributed by atoms with Crippen molar-refractivity contribution in [3.8, 4) is 0 Å². The summed E-state index contributed by atoms with van der Waals surface area (Å²) in [6.07, 6.45) is 0.921. The molecule has 0 heterocycles. The van der Waals surface area contributed by atoms with Crippen molar-refractivity contribution < 1.29 is 9.53 Å². The molecule has 0 fully saturated rings. The van der Waals surface area contributed by atoms with E-state index < -0.39 is 0 Å². The summed E-state index contributed by atoms with van der Waals surface area (Å²) in [4.78, 5) is 11.1. The van der Waals surface area contributed by atoms with Gasteiger partial charge in [-0.1, -0.05) is 6.92 Å². The van der Waals surface area contributed by atoms with Gasteiger partial charge in [-0.15, -0.1) is 0 Å². The minimum absolute atomic E-state index is 0.0382. The third-order valence-corrected chi connectivity index (χ3v) is 1.80. The van der Waals surface area contributed by atoms with E-state index in [1.807, 2.05) is 27.7 Å². The summed E-state index contributed by atoms with van der Waals surface area (Å²) < 4.78 is 4.97. The molecule has 72 valence electrons. The SMILES string of the molecule is CCOCC(=O)NC(C)(C)CC. The summed E-state index contributed by atoms with van der Waals surface area (Å²) in [5.74, 6) is -0.0382. The maximum Gasteiger partial charge on any atom is 0.246 e. The van der Waals surface area contributed by atoms with Crippen LogP contribution in [0.5, 0.6) is 0 Å². The summed E-state index contributed by atoms with van der Waals surface area (Å²) in [5, 5.41) is 2.88. The molecule has 0 atom stereocenters. The summed E-state index contributed by atoms with van der Waals surface area (Å²) in [7, 11) is 0. The molecule has 3 heteroatoms. The smallest absolute Gasteiger partial charge is 0.246 e. The highest BCUT2D eigenvalue weighted by Crippen LogP contribution is 2.05. The van der Waals surface area contributed by atoms with Gasteiger partial charge >= 0.3 is 0 Å². The van der Waals surface area contributed by atoms with Crippen LogP contribution in [0.1, 0.15) is 34.1 Å². The Kier molecular flexibility index (Phi) is 4.90. The van der Waals surface area contributed by atoms with Gasteiger partial charge in [-0.05, 0) is 27.2 Å². The average molecular weight is 173 g/mol. The Balaban J connectivity index is 3.68. The second-order valence-corrected chi connectivity index (χ2v) is 3.42. The highest BCUT2D eigenvalue weighted by Gasteiger charge is 2.17. The topological polar surface area (TPSA) is 38.3 Å². The first-order valence-electron chi connectivity index (χ1n) is 4.40. The van der Waals surface area contributed by atoms with E-state index >= 15 is 0 Å². The van der Waals surface area contributed by atoms with Gasteiger partial charge in [-0.2, -0.15) is 0 Å². The van der Waals surface area contributed by atoms with Crippen LogP contribution in [0.15, 0.2) is 0 Å². The number of amides is 1. The van der Waals surface area contributed by atoms with E-state index in [-0.39, 0.29) is 18.1 Å². The molecule has 0 rings (SSSR count). The molecule has 1 N–H and O–H groups in total. The van der Waals surface area contributed by atoms with E-state index in [4.69, 9.17) is 4.74 Å². The van der Waals surface area contributed by atoms with Crippen LogP contribution in [-0.2, 0) is 9.53 Å². The summed E-state index contributed by atoms with van der Waals surface area (Å²) >= 11 is 0. The molecule has 0 aliphatic carbocycles. The van der Waals surface area contributed by atoms with E-state index in [9.17, 15) is 4.79 Å². The van der Waals surface area contributed by atoms with Crippen LogP contribution in [0.3, 0.4) is 0 Å². The van der Waals surface area contributed by atoms with Gasteiger partial charge in [0.25, 0.3) is 0 Å². The van der Waals surface area contributed by atoms with Crippen molar-refractivity contribution in [2.24, 2.45) is 0 Å². The normalized spacial score (nSPS) is 11.3. The van der Waals surface area contributed by atoms with Crippen LogP contribution in [0.25, 0.3) is 0 Å². The first-order chi connectivity index (χ1) is 5.52. The molecule has 0 unspecified atom stereocenters. The minimum atomic E-state index is -0.117. The zero-order valence-electron chi connectivity index (χ0n) is 8.44. The van der Waals surface area contributed by atoms with Crippen LogP contribution in [-0.4, -0.2) is 24.7 Å². The molecule has 1 amide bonds. The Morgan fingerprint density at radius 3 is 2.42 bits per heavy atom. The lowest BCUT2D eigenvalue weighted by Gasteiger charge is -2.24. The van der Waals surface area contributed by atoms with Crippen molar-refractivity contribution >= 4 is 5.91 Å². The number of carbonyl (C=O) groups is 1. The van der Waals surface area contributed by atoms with Crippen molar-refractivity contribution in [2.75, 3.05) is 13.2 Å². The quantitative estimate of drug-likeness (QED) is 0.681.